The van der Waals surface area contributed by atoms with Crippen molar-refractivity contribution in [1.82, 2.24) is 9.97 Å². The number of thioether (sulfide) groups is 1. The van der Waals surface area contributed by atoms with Crippen molar-refractivity contribution in [2.24, 2.45) is 0 Å². The molecule has 0 aliphatic heterocycles. The van der Waals surface area contributed by atoms with Crippen LogP contribution in [0.5, 0.6) is 0 Å². The molecule has 0 bridgehead atoms. The fourth-order valence-corrected chi connectivity index (χ4v) is 3.47. The molecule has 1 amide bonds. The maximum Gasteiger partial charge on any atom is 0.259 e. The monoisotopic (exact) mass is 381 g/mol. The van der Waals surface area contributed by atoms with Gasteiger partial charge < -0.3 is 10.3 Å². The maximum atomic E-state index is 12.2. The molecule has 0 aliphatic carbocycles. The zero-order valence-corrected chi connectivity index (χ0v) is 16.1. The minimum Gasteiger partial charge on any atom is -0.325 e. The molecular formula is C21H23N3O2S. The van der Waals surface area contributed by atoms with Gasteiger partial charge in [-0.1, -0.05) is 55.8 Å². The number of amides is 1. The van der Waals surface area contributed by atoms with Gasteiger partial charge in [0.15, 0.2) is 5.16 Å². The van der Waals surface area contributed by atoms with Gasteiger partial charge in [-0.15, -0.1) is 0 Å². The summed E-state index contributed by atoms with van der Waals surface area (Å²) in [5.74, 6) is 0.0500. The Hall–Kier alpha value is -2.60. The number of carbonyl (C=O) groups is 1. The topological polar surface area (TPSA) is 74.8 Å². The molecule has 27 heavy (non-hydrogen) atoms. The van der Waals surface area contributed by atoms with Crippen LogP contribution in [0.25, 0.3) is 10.9 Å². The highest BCUT2D eigenvalue weighted by Crippen LogP contribution is 2.16. The zero-order chi connectivity index (χ0) is 19.1. The fraction of sp³-hybridized carbons (Fsp3) is 0.286. The lowest BCUT2D eigenvalue weighted by Crippen LogP contribution is -2.15. The van der Waals surface area contributed by atoms with Crippen molar-refractivity contribution in [3.05, 3.63) is 64.4 Å². The smallest absolute Gasteiger partial charge is 0.259 e. The molecule has 1 aromatic heterocycles. The van der Waals surface area contributed by atoms with E-state index >= 15 is 0 Å². The Labute approximate surface area is 162 Å². The summed E-state index contributed by atoms with van der Waals surface area (Å²) in [5.41, 5.74) is 2.50. The van der Waals surface area contributed by atoms with Crippen molar-refractivity contribution in [3.63, 3.8) is 0 Å². The van der Waals surface area contributed by atoms with E-state index in [-0.39, 0.29) is 17.2 Å². The van der Waals surface area contributed by atoms with Crippen molar-refractivity contribution < 1.29 is 4.79 Å². The van der Waals surface area contributed by atoms with E-state index in [4.69, 9.17) is 0 Å². The number of nitrogens with zero attached hydrogens (tertiary/aromatic N) is 1. The number of hydrogen-bond acceptors (Lipinski definition) is 4. The summed E-state index contributed by atoms with van der Waals surface area (Å²) in [6, 6.07) is 15.1. The third-order valence-electron chi connectivity index (χ3n) is 4.24. The Morgan fingerprint density at radius 1 is 1.11 bits per heavy atom. The second kappa shape index (κ2) is 9.37. The van der Waals surface area contributed by atoms with Gasteiger partial charge in [0, 0.05) is 5.69 Å². The summed E-state index contributed by atoms with van der Waals surface area (Å²) in [6.07, 6.45) is 4.71. The lowest BCUT2D eigenvalue weighted by Gasteiger charge is -2.07. The number of para-hydroxylation sites is 1. The summed E-state index contributed by atoms with van der Waals surface area (Å²) < 4.78 is 0. The second-order valence-corrected chi connectivity index (χ2v) is 7.34. The van der Waals surface area contributed by atoms with Gasteiger partial charge in [-0.25, -0.2) is 4.98 Å². The SMILES string of the molecule is CCCCCc1ccc(NC(=O)CSc2nc3ccccc3c(=O)[nH]2)cc1. The number of aromatic nitrogens is 2. The first-order valence-electron chi connectivity index (χ1n) is 9.16. The van der Waals surface area contributed by atoms with Crippen LogP contribution in [-0.2, 0) is 11.2 Å². The van der Waals surface area contributed by atoms with Crippen molar-refractivity contribution in [1.29, 1.82) is 0 Å². The highest BCUT2D eigenvalue weighted by Gasteiger charge is 2.08. The Bertz CT molecular complexity index is 967. The Kier molecular flexibility index (Phi) is 6.65. The molecule has 0 fully saturated rings. The number of aryl methyl sites for hydroxylation is 1. The Morgan fingerprint density at radius 2 is 1.89 bits per heavy atom. The second-order valence-electron chi connectivity index (χ2n) is 6.38. The van der Waals surface area contributed by atoms with E-state index in [1.807, 2.05) is 18.2 Å². The molecule has 5 nitrogen and oxygen atoms in total. The summed E-state index contributed by atoms with van der Waals surface area (Å²) in [6.45, 7) is 2.19. The van der Waals surface area contributed by atoms with Crippen LogP contribution in [0, 0.1) is 0 Å². The van der Waals surface area contributed by atoms with Crippen LogP contribution in [0.1, 0.15) is 31.7 Å². The molecule has 6 heteroatoms. The highest BCUT2D eigenvalue weighted by atomic mass is 32.2. The molecule has 3 rings (SSSR count). The van der Waals surface area contributed by atoms with Crippen LogP contribution >= 0.6 is 11.8 Å². The summed E-state index contributed by atoms with van der Waals surface area (Å²) in [7, 11) is 0. The number of fused-ring (bicyclic) bond motifs is 1. The van der Waals surface area contributed by atoms with Gasteiger partial charge in [-0.3, -0.25) is 9.59 Å². The van der Waals surface area contributed by atoms with Crippen molar-refractivity contribution in [3.8, 4) is 0 Å². The average Bonchev–Trinajstić information content (AvgIpc) is 2.68. The third-order valence-corrected chi connectivity index (χ3v) is 5.11. The van der Waals surface area contributed by atoms with E-state index in [1.165, 1.54) is 36.6 Å². The first kappa shape index (κ1) is 19.2. The van der Waals surface area contributed by atoms with Crippen molar-refractivity contribution in [2.45, 2.75) is 37.8 Å². The molecule has 0 aliphatic rings. The van der Waals surface area contributed by atoms with E-state index in [1.54, 1.807) is 18.2 Å². The van der Waals surface area contributed by atoms with Gasteiger partial charge in [-0.2, -0.15) is 0 Å². The van der Waals surface area contributed by atoms with Crippen LogP contribution < -0.4 is 10.9 Å². The molecule has 140 valence electrons. The van der Waals surface area contributed by atoms with Gasteiger partial charge in [0.05, 0.1) is 16.7 Å². The largest absolute Gasteiger partial charge is 0.325 e. The number of carbonyl (C=O) groups excluding carboxylic acids is 1. The number of hydrogen-bond donors (Lipinski definition) is 2. The number of anilines is 1. The number of benzene rings is 2. The molecule has 1 heterocycles. The minimum absolute atomic E-state index is 0.130. The van der Waals surface area contributed by atoms with Gasteiger partial charge >= 0.3 is 0 Å². The van der Waals surface area contributed by atoms with Crippen LogP contribution in [0.15, 0.2) is 58.5 Å². The number of H-pyrrole nitrogens is 1. The summed E-state index contributed by atoms with van der Waals surface area (Å²) >= 11 is 1.21. The van der Waals surface area contributed by atoms with Gasteiger partial charge in [-0.05, 0) is 42.7 Å². The third kappa shape index (κ3) is 5.44. The minimum atomic E-state index is -0.192. The lowest BCUT2D eigenvalue weighted by atomic mass is 10.1. The molecule has 0 atom stereocenters. The van der Waals surface area contributed by atoms with Crippen LogP contribution in [0.4, 0.5) is 5.69 Å². The fourth-order valence-electron chi connectivity index (χ4n) is 2.80. The van der Waals surface area contributed by atoms with Crippen LogP contribution in [0.3, 0.4) is 0 Å². The van der Waals surface area contributed by atoms with E-state index in [0.29, 0.717) is 16.1 Å². The van der Waals surface area contributed by atoms with E-state index < -0.39 is 0 Å². The number of aromatic amines is 1. The quantitative estimate of drug-likeness (QED) is 0.345. The highest BCUT2D eigenvalue weighted by molar-refractivity contribution is 7.99. The molecule has 2 aromatic carbocycles. The van der Waals surface area contributed by atoms with E-state index in [0.717, 1.165) is 12.1 Å². The molecule has 0 radical (unpaired) electrons. The van der Waals surface area contributed by atoms with Gasteiger partial charge in [0.2, 0.25) is 5.91 Å². The van der Waals surface area contributed by atoms with Crippen LogP contribution in [-0.4, -0.2) is 21.6 Å². The molecule has 2 N–H and O–H groups in total. The molecule has 0 saturated heterocycles. The number of rotatable bonds is 8. The normalized spacial score (nSPS) is 10.9. The number of unbranched alkanes of at least 4 members (excludes halogenated alkanes) is 2. The predicted octanol–water partition coefficient (Wildman–Crippen LogP) is 4.39. The van der Waals surface area contributed by atoms with E-state index in [2.05, 4.69) is 34.3 Å². The van der Waals surface area contributed by atoms with Gasteiger partial charge in [0.1, 0.15) is 0 Å². The first-order chi connectivity index (χ1) is 13.2. The van der Waals surface area contributed by atoms with Crippen molar-refractivity contribution >= 4 is 34.3 Å². The zero-order valence-electron chi connectivity index (χ0n) is 15.3. The van der Waals surface area contributed by atoms with Crippen molar-refractivity contribution in [2.75, 3.05) is 11.1 Å². The molecule has 3 aromatic rings. The predicted molar refractivity (Wildman–Crippen MR) is 111 cm³/mol. The lowest BCUT2D eigenvalue weighted by molar-refractivity contribution is -0.113. The summed E-state index contributed by atoms with van der Waals surface area (Å²) in [5, 5.41) is 3.87. The Morgan fingerprint density at radius 3 is 2.67 bits per heavy atom. The van der Waals surface area contributed by atoms with Gasteiger partial charge in [0.25, 0.3) is 5.56 Å². The number of nitrogens with one attached hydrogen (secondary N) is 2. The molecule has 0 unspecified atom stereocenters. The molecule has 0 spiro atoms. The van der Waals surface area contributed by atoms with Crippen LogP contribution in [0.2, 0.25) is 0 Å². The van der Waals surface area contributed by atoms with E-state index in [9.17, 15) is 9.59 Å². The average molecular weight is 382 g/mol. The first-order valence-corrected chi connectivity index (χ1v) is 10.1. The maximum absolute atomic E-state index is 12.2. The summed E-state index contributed by atoms with van der Waals surface area (Å²) in [4.78, 5) is 31.3. The standard InChI is InChI=1S/C21H23N3O2S/c1-2-3-4-7-15-10-12-16(13-11-15)22-19(25)14-27-21-23-18-9-6-5-8-17(18)20(26)24-21/h5-6,8-13H,2-4,7,14H2,1H3,(H,22,25)(H,23,24,26). The molecule has 0 saturated carbocycles. The molecular weight excluding hydrogens is 358 g/mol. The Balaban J connectivity index is 1.54.